The first-order valence-corrected chi connectivity index (χ1v) is 6.34. The van der Waals surface area contributed by atoms with Crippen LogP contribution in [-0.2, 0) is 20.9 Å². The largest absolute Gasteiger partial charge is 0.456 e. The van der Waals surface area contributed by atoms with Crippen molar-refractivity contribution >= 4 is 11.9 Å². The van der Waals surface area contributed by atoms with Crippen LogP contribution >= 0.6 is 0 Å². The van der Waals surface area contributed by atoms with Crippen LogP contribution in [0.15, 0.2) is 30.3 Å². The fourth-order valence-corrected chi connectivity index (χ4v) is 1.69. The second kappa shape index (κ2) is 6.60. The second-order valence-corrected chi connectivity index (χ2v) is 4.37. The molecule has 1 heterocycles. The summed E-state index contributed by atoms with van der Waals surface area (Å²) in [6, 6.07) is 8.53. The first-order chi connectivity index (χ1) is 10.1. The molecule has 0 aliphatic heterocycles. The number of nitrogens with zero attached hydrogens (tertiary/aromatic N) is 4. The van der Waals surface area contributed by atoms with Gasteiger partial charge in [0.2, 0.25) is 5.91 Å². The number of rotatable bonds is 5. The summed E-state index contributed by atoms with van der Waals surface area (Å²) in [7, 11) is 0. The molecule has 1 unspecified atom stereocenters. The first-order valence-electron chi connectivity index (χ1n) is 6.34. The normalized spacial score (nSPS) is 11.7. The van der Waals surface area contributed by atoms with Crippen LogP contribution in [0.3, 0.4) is 0 Å². The lowest BCUT2D eigenvalue weighted by molar-refractivity contribution is -0.148. The molecular formula is C13H15N5O3. The van der Waals surface area contributed by atoms with E-state index in [9.17, 15) is 9.59 Å². The van der Waals surface area contributed by atoms with E-state index in [1.807, 2.05) is 30.3 Å². The number of benzene rings is 1. The van der Waals surface area contributed by atoms with Crippen molar-refractivity contribution in [1.29, 1.82) is 0 Å². The Kier molecular flexibility index (Phi) is 4.60. The Hall–Kier alpha value is -2.77. The third kappa shape index (κ3) is 3.85. The van der Waals surface area contributed by atoms with Crippen LogP contribution < -0.4 is 5.32 Å². The molecule has 8 heteroatoms. The zero-order valence-electron chi connectivity index (χ0n) is 11.7. The van der Waals surface area contributed by atoms with Crippen molar-refractivity contribution in [2.24, 2.45) is 0 Å². The van der Waals surface area contributed by atoms with E-state index in [4.69, 9.17) is 4.74 Å². The van der Waals surface area contributed by atoms with E-state index in [-0.39, 0.29) is 12.5 Å². The number of hydrogen-bond acceptors (Lipinski definition) is 6. The molecule has 0 saturated carbocycles. The van der Waals surface area contributed by atoms with Crippen molar-refractivity contribution in [1.82, 2.24) is 25.5 Å². The van der Waals surface area contributed by atoms with Gasteiger partial charge in [-0.15, -0.1) is 5.10 Å². The maximum absolute atomic E-state index is 11.7. The van der Waals surface area contributed by atoms with E-state index in [1.165, 1.54) is 11.6 Å². The number of nitrogens with one attached hydrogen (secondary N) is 1. The topological polar surface area (TPSA) is 99.0 Å². The van der Waals surface area contributed by atoms with Gasteiger partial charge < -0.3 is 10.1 Å². The number of amides is 1. The maximum Gasteiger partial charge on any atom is 0.328 e. The van der Waals surface area contributed by atoms with E-state index in [0.717, 1.165) is 5.69 Å². The summed E-state index contributed by atoms with van der Waals surface area (Å²) < 4.78 is 6.58. The average molecular weight is 289 g/mol. The summed E-state index contributed by atoms with van der Waals surface area (Å²) in [5.74, 6) is -0.453. The van der Waals surface area contributed by atoms with E-state index in [2.05, 4.69) is 20.8 Å². The van der Waals surface area contributed by atoms with Gasteiger partial charge in [-0.2, -0.15) is 4.68 Å². The summed E-state index contributed by atoms with van der Waals surface area (Å²) in [4.78, 5) is 22.6. The fraction of sp³-hybridized carbons (Fsp3) is 0.308. The fourth-order valence-electron chi connectivity index (χ4n) is 1.69. The molecule has 0 radical (unpaired) electrons. The number of tetrazole rings is 1. The Morgan fingerprint density at radius 3 is 2.71 bits per heavy atom. The highest BCUT2D eigenvalue weighted by Crippen LogP contribution is 2.08. The third-order valence-corrected chi connectivity index (χ3v) is 2.65. The van der Waals surface area contributed by atoms with Crippen LogP contribution in [0, 0.1) is 0 Å². The summed E-state index contributed by atoms with van der Waals surface area (Å²) in [6.45, 7) is 2.80. The molecule has 1 N–H and O–H groups in total. The highest BCUT2D eigenvalue weighted by Gasteiger charge is 2.17. The summed E-state index contributed by atoms with van der Waals surface area (Å²) in [5, 5.41) is 13.7. The molecule has 0 aliphatic carbocycles. The number of carbonyl (C=O) groups excluding carboxylic acids is 2. The smallest absolute Gasteiger partial charge is 0.328 e. The van der Waals surface area contributed by atoms with Gasteiger partial charge in [-0.3, -0.25) is 4.79 Å². The molecule has 1 aromatic heterocycles. The lowest BCUT2D eigenvalue weighted by Gasteiger charge is -2.11. The monoisotopic (exact) mass is 289 g/mol. The third-order valence-electron chi connectivity index (χ3n) is 2.65. The number of carbonyl (C=O) groups is 2. The Morgan fingerprint density at radius 2 is 2.05 bits per heavy atom. The van der Waals surface area contributed by atoms with Gasteiger partial charge in [0.15, 0.2) is 12.4 Å². The lowest BCUT2D eigenvalue weighted by Crippen LogP contribution is -2.38. The molecular weight excluding hydrogens is 274 g/mol. The van der Waals surface area contributed by atoms with Crippen molar-refractivity contribution < 1.29 is 14.3 Å². The highest BCUT2D eigenvalue weighted by molar-refractivity contribution is 5.82. The van der Waals surface area contributed by atoms with Crippen molar-refractivity contribution in [2.75, 3.05) is 0 Å². The predicted molar refractivity (Wildman–Crippen MR) is 72.2 cm³/mol. The number of aromatic nitrogens is 4. The quantitative estimate of drug-likeness (QED) is 0.791. The first kappa shape index (κ1) is 14.6. The number of para-hydroxylation sites is 1. The molecule has 1 atom stereocenters. The molecule has 8 nitrogen and oxygen atoms in total. The standard InChI is InChI=1S/C13H15N5O3/c1-9(14-10(2)19)13(20)21-8-12-15-16-17-18(12)11-6-4-3-5-7-11/h3-7,9H,8H2,1-2H3,(H,14,19). The Bertz CT molecular complexity index is 626. The molecule has 21 heavy (non-hydrogen) atoms. The Labute approximate surface area is 121 Å². The molecule has 0 fully saturated rings. The van der Waals surface area contributed by atoms with Crippen molar-refractivity contribution in [3.63, 3.8) is 0 Å². The van der Waals surface area contributed by atoms with Crippen molar-refractivity contribution in [3.05, 3.63) is 36.2 Å². The zero-order valence-corrected chi connectivity index (χ0v) is 11.7. The van der Waals surface area contributed by atoms with Crippen LogP contribution in [0.25, 0.3) is 5.69 Å². The lowest BCUT2D eigenvalue weighted by atomic mass is 10.3. The van der Waals surface area contributed by atoms with Gasteiger partial charge >= 0.3 is 5.97 Å². The molecule has 0 saturated heterocycles. The minimum absolute atomic E-state index is 0.0787. The van der Waals surface area contributed by atoms with Gasteiger partial charge in [0, 0.05) is 6.92 Å². The van der Waals surface area contributed by atoms with Crippen LogP contribution in [-0.4, -0.2) is 38.1 Å². The second-order valence-electron chi connectivity index (χ2n) is 4.37. The Balaban J connectivity index is 2.00. The average Bonchev–Trinajstić information content (AvgIpc) is 2.93. The Morgan fingerprint density at radius 1 is 1.33 bits per heavy atom. The van der Waals surface area contributed by atoms with Crippen LogP contribution in [0.2, 0.25) is 0 Å². The van der Waals surface area contributed by atoms with Gasteiger partial charge in [-0.05, 0) is 29.5 Å². The summed E-state index contributed by atoms with van der Waals surface area (Å²) in [6.07, 6.45) is 0. The van der Waals surface area contributed by atoms with E-state index < -0.39 is 12.0 Å². The maximum atomic E-state index is 11.7. The molecule has 0 spiro atoms. The van der Waals surface area contributed by atoms with Crippen LogP contribution in [0.5, 0.6) is 0 Å². The van der Waals surface area contributed by atoms with E-state index >= 15 is 0 Å². The minimum Gasteiger partial charge on any atom is -0.456 e. The van der Waals surface area contributed by atoms with E-state index in [0.29, 0.717) is 5.82 Å². The molecule has 110 valence electrons. The van der Waals surface area contributed by atoms with Crippen molar-refractivity contribution in [3.8, 4) is 5.69 Å². The van der Waals surface area contributed by atoms with Gasteiger partial charge in [0.05, 0.1) is 5.69 Å². The van der Waals surface area contributed by atoms with Gasteiger partial charge in [0.1, 0.15) is 6.04 Å². The molecule has 0 bridgehead atoms. The predicted octanol–water partition coefficient (Wildman–Crippen LogP) is 0.230. The van der Waals surface area contributed by atoms with Crippen molar-refractivity contribution in [2.45, 2.75) is 26.5 Å². The molecule has 1 amide bonds. The number of hydrogen-bond donors (Lipinski definition) is 1. The molecule has 1 aromatic carbocycles. The van der Waals surface area contributed by atoms with Gasteiger partial charge in [-0.25, -0.2) is 4.79 Å². The molecule has 2 aromatic rings. The molecule has 0 aliphatic rings. The summed E-state index contributed by atoms with van der Waals surface area (Å²) in [5.41, 5.74) is 0.767. The minimum atomic E-state index is -0.719. The molecule has 2 rings (SSSR count). The van der Waals surface area contributed by atoms with Crippen LogP contribution in [0.1, 0.15) is 19.7 Å². The van der Waals surface area contributed by atoms with Gasteiger partial charge in [0.25, 0.3) is 0 Å². The number of esters is 1. The summed E-state index contributed by atoms with van der Waals surface area (Å²) >= 11 is 0. The SMILES string of the molecule is CC(=O)NC(C)C(=O)OCc1nnnn1-c1ccccc1. The van der Waals surface area contributed by atoms with E-state index in [1.54, 1.807) is 6.92 Å². The van der Waals surface area contributed by atoms with Gasteiger partial charge in [-0.1, -0.05) is 18.2 Å². The number of ether oxygens (including phenoxy) is 1. The van der Waals surface area contributed by atoms with Crippen LogP contribution in [0.4, 0.5) is 0 Å². The zero-order chi connectivity index (χ0) is 15.2. The highest BCUT2D eigenvalue weighted by atomic mass is 16.5.